The third-order valence-corrected chi connectivity index (χ3v) is 6.90. The van der Waals surface area contributed by atoms with Gasteiger partial charge in [-0.15, -0.1) is 23.2 Å². The van der Waals surface area contributed by atoms with Crippen LogP contribution in [-0.4, -0.2) is 46.2 Å². The van der Waals surface area contributed by atoms with Crippen LogP contribution in [0.25, 0.3) is 0 Å². The maximum atomic E-state index is 13.7. The molecule has 0 bridgehead atoms. The van der Waals surface area contributed by atoms with Crippen molar-refractivity contribution in [2.75, 3.05) is 26.0 Å². The Morgan fingerprint density at radius 1 is 0.774 bits per heavy atom. The highest BCUT2D eigenvalue weighted by molar-refractivity contribution is 7.91. The van der Waals surface area contributed by atoms with Gasteiger partial charge in [-0.3, -0.25) is 9.59 Å². The van der Waals surface area contributed by atoms with Crippen molar-refractivity contribution in [1.29, 1.82) is 0 Å². The van der Waals surface area contributed by atoms with Gasteiger partial charge in [-0.05, 0) is 35.4 Å². The molecule has 2 rings (SSSR count). The van der Waals surface area contributed by atoms with E-state index in [2.05, 4.69) is 10.6 Å². The van der Waals surface area contributed by atoms with E-state index in [-0.39, 0.29) is 11.1 Å². The highest BCUT2D eigenvalue weighted by Gasteiger charge is 2.38. The van der Waals surface area contributed by atoms with Crippen molar-refractivity contribution in [2.24, 2.45) is 0 Å². The molecule has 0 radical (unpaired) electrons. The molecule has 31 heavy (non-hydrogen) atoms. The summed E-state index contributed by atoms with van der Waals surface area (Å²) in [6.07, 6.45) is 0. The number of carbonyl (C=O) groups excluding carboxylic acids is 2. The van der Waals surface area contributed by atoms with Crippen LogP contribution in [0, 0.1) is 0 Å². The first-order chi connectivity index (χ1) is 14.8. The average Bonchev–Trinajstić information content (AvgIpc) is 2.80. The number of hydrogen-bond acceptors (Lipinski definition) is 6. The molecule has 0 spiro atoms. The summed E-state index contributed by atoms with van der Waals surface area (Å²) in [5.41, 5.74) is 0.524. The lowest BCUT2D eigenvalue weighted by Crippen LogP contribution is -2.42. The maximum Gasteiger partial charge on any atom is 0.236 e. The zero-order valence-electron chi connectivity index (χ0n) is 16.8. The van der Waals surface area contributed by atoms with Gasteiger partial charge in [0, 0.05) is 0 Å². The van der Waals surface area contributed by atoms with Gasteiger partial charge in [-0.2, -0.15) is 0 Å². The molecule has 0 aliphatic carbocycles. The van der Waals surface area contributed by atoms with Crippen molar-refractivity contribution in [3.05, 3.63) is 59.7 Å². The van der Waals surface area contributed by atoms with E-state index in [9.17, 15) is 18.0 Å². The second kappa shape index (κ2) is 11.2. The highest BCUT2D eigenvalue weighted by atomic mass is 35.5. The number of benzene rings is 2. The Morgan fingerprint density at radius 3 is 1.35 bits per heavy atom. The van der Waals surface area contributed by atoms with Crippen molar-refractivity contribution >= 4 is 44.9 Å². The molecule has 2 N–H and O–H groups in total. The molecule has 11 heteroatoms. The van der Waals surface area contributed by atoms with Gasteiger partial charge >= 0.3 is 0 Å². The van der Waals surface area contributed by atoms with Gasteiger partial charge in [0.15, 0.2) is 10.7 Å². The zero-order valence-corrected chi connectivity index (χ0v) is 19.1. The molecule has 0 saturated carbocycles. The molecule has 0 aliphatic heterocycles. The third-order valence-electron chi connectivity index (χ3n) is 4.32. The predicted molar refractivity (Wildman–Crippen MR) is 118 cm³/mol. The molecule has 168 valence electrons. The van der Waals surface area contributed by atoms with E-state index in [0.29, 0.717) is 11.5 Å². The summed E-state index contributed by atoms with van der Waals surface area (Å²) < 4.78 is 37.5. The van der Waals surface area contributed by atoms with Crippen LogP contribution >= 0.6 is 23.2 Å². The molecule has 2 aromatic rings. The van der Waals surface area contributed by atoms with Crippen molar-refractivity contribution < 1.29 is 27.5 Å². The number of halogens is 2. The van der Waals surface area contributed by atoms with Crippen molar-refractivity contribution in [3.8, 4) is 11.5 Å². The SMILES string of the molecule is COc1ccc(C(NC(=O)CCl)S(=O)(=O)C(NC(=O)CCl)c2ccc(OC)cc2)cc1. The number of hydrogen-bond donors (Lipinski definition) is 2. The molecular formula is C20H22Cl2N2O6S. The zero-order chi connectivity index (χ0) is 23.0. The molecule has 8 nitrogen and oxygen atoms in total. The minimum atomic E-state index is -4.28. The van der Waals surface area contributed by atoms with Gasteiger partial charge < -0.3 is 20.1 Å². The lowest BCUT2D eigenvalue weighted by atomic mass is 10.2. The second-order valence-corrected chi connectivity index (χ2v) is 8.95. The quantitative estimate of drug-likeness (QED) is 0.497. The van der Waals surface area contributed by atoms with Gasteiger partial charge in [-0.1, -0.05) is 24.3 Å². The smallest absolute Gasteiger partial charge is 0.236 e. The summed E-state index contributed by atoms with van der Waals surface area (Å²) in [7, 11) is -1.34. The second-order valence-electron chi connectivity index (χ2n) is 6.30. The number of amides is 2. The number of ether oxygens (including phenoxy) is 2. The van der Waals surface area contributed by atoms with Crippen LogP contribution in [0.2, 0.25) is 0 Å². The Kier molecular flexibility index (Phi) is 8.97. The van der Waals surface area contributed by atoms with E-state index < -0.39 is 44.2 Å². The number of nitrogens with one attached hydrogen (secondary N) is 2. The lowest BCUT2D eigenvalue weighted by Gasteiger charge is -2.26. The molecule has 0 aromatic heterocycles. The summed E-state index contributed by atoms with van der Waals surface area (Å²) in [5.74, 6) is -1.25. The largest absolute Gasteiger partial charge is 0.497 e. The minimum absolute atomic E-state index is 0.262. The molecule has 2 atom stereocenters. The standard InChI is InChI=1S/C20H22Cl2N2O6S/c1-29-15-7-3-13(4-8-15)19(23-17(25)11-21)31(27,28)20(24-18(26)12-22)14-5-9-16(30-2)10-6-14/h3-10,19-20H,11-12H2,1-2H3,(H,23,25)(H,24,26). The third kappa shape index (κ3) is 6.25. The Morgan fingerprint density at radius 2 is 1.10 bits per heavy atom. The normalized spacial score (nSPS) is 13.0. The van der Waals surface area contributed by atoms with Crippen molar-refractivity contribution in [1.82, 2.24) is 10.6 Å². The topological polar surface area (TPSA) is 111 Å². The van der Waals surface area contributed by atoms with Gasteiger partial charge in [0.25, 0.3) is 0 Å². The Labute approximate surface area is 190 Å². The lowest BCUT2D eigenvalue weighted by molar-refractivity contribution is -0.119. The first kappa shape index (κ1) is 24.8. The van der Waals surface area contributed by atoms with Gasteiger partial charge in [0.1, 0.15) is 23.3 Å². The molecule has 0 saturated heterocycles. The number of rotatable bonds is 10. The molecular weight excluding hydrogens is 467 g/mol. The first-order valence-electron chi connectivity index (χ1n) is 8.98. The number of sulfone groups is 1. The molecule has 2 amide bonds. The monoisotopic (exact) mass is 488 g/mol. The minimum Gasteiger partial charge on any atom is -0.497 e. The average molecular weight is 489 g/mol. The Hall–Kier alpha value is -2.49. The summed E-state index contributed by atoms with van der Waals surface area (Å²) in [5, 5.41) is 1.85. The number of methoxy groups -OCH3 is 2. The summed E-state index contributed by atoms with van der Waals surface area (Å²) in [4.78, 5) is 24.1. The molecule has 0 heterocycles. The van der Waals surface area contributed by atoms with Crippen molar-refractivity contribution in [2.45, 2.75) is 10.7 Å². The van der Waals surface area contributed by atoms with Gasteiger partial charge in [0.05, 0.1) is 14.2 Å². The maximum absolute atomic E-state index is 13.7. The highest BCUT2D eigenvalue weighted by Crippen LogP contribution is 2.33. The molecule has 0 aliphatic rings. The number of carbonyl (C=O) groups is 2. The van der Waals surface area contributed by atoms with E-state index in [1.165, 1.54) is 38.5 Å². The Balaban J connectivity index is 2.57. The number of alkyl halides is 2. The van der Waals surface area contributed by atoms with E-state index >= 15 is 0 Å². The van der Waals surface area contributed by atoms with Crippen LogP contribution in [0.5, 0.6) is 11.5 Å². The van der Waals surface area contributed by atoms with Crippen LogP contribution in [0.15, 0.2) is 48.5 Å². The fourth-order valence-corrected chi connectivity index (χ4v) is 4.86. The summed E-state index contributed by atoms with van der Waals surface area (Å²) in [6.45, 7) is 0. The van der Waals surface area contributed by atoms with E-state index in [0.717, 1.165) is 0 Å². The van der Waals surface area contributed by atoms with E-state index in [4.69, 9.17) is 32.7 Å². The molecule has 0 fully saturated rings. The Bertz CT molecular complexity index is 922. The fourth-order valence-electron chi connectivity index (χ4n) is 2.77. The van der Waals surface area contributed by atoms with Gasteiger partial charge in [-0.25, -0.2) is 8.42 Å². The van der Waals surface area contributed by atoms with E-state index in [1.54, 1.807) is 24.3 Å². The van der Waals surface area contributed by atoms with Crippen LogP contribution in [-0.2, 0) is 19.4 Å². The predicted octanol–water partition coefficient (Wildman–Crippen LogP) is 2.53. The summed E-state index contributed by atoms with van der Waals surface area (Å²) in [6, 6.07) is 12.3. The van der Waals surface area contributed by atoms with Crippen LogP contribution in [0.4, 0.5) is 0 Å². The van der Waals surface area contributed by atoms with Crippen LogP contribution in [0.1, 0.15) is 21.9 Å². The van der Waals surface area contributed by atoms with Crippen LogP contribution in [0.3, 0.4) is 0 Å². The molecule has 2 aromatic carbocycles. The first-order valence-corrected chi connectivity index (χ1v) is 11.7. The van der Waals surface area contributed by atoms with E-state index in [1.807, 2.05) is 0 Å². The van der Waals surface area contributed by atoms with Crippen molar-refractivity contribution in [3.63, 3.8) is 0 Å². The summed E-state index contributed by atoms with van der Waals surface area (Å²) >= 11 is 11.2. The van der Waals surface area contributed by atoms with Gasteiger partial charge in [0.2, 0.25) is 21.7 Å². The fraction of sp³-hybridized carbons (Fsp3) is 0.300. The molecule has 2 unspecified atom stereocenters. The van der Waals surface area contributed by atoms with Crippen LogP contribution < -0.4 is 20.1 Å².